The van der Waals surface area contributed by atoms with Crippen molar-refractivity contribution in [3.05, 3.63) is 82.2 Å². The van der Waals surface area contributed by atoms with Crippen molar-refractivity contribution in [3.63, 3.8) is 0 Å². The maximum absolute atomic E-state index is 13.3. The molecule has 2 heterocycles. The van der Waals surface area contributed by atoms with E-state index in [1.54, 1.807) is 45.3 Å². The largest absolute Gasteiger partial charge is 0.497 e. The molecule has 0 aliphatic rings. The Morgan fingerprint density at radius 1 is 0.848 bits per heavy atom. The number of nitrogens with zero attached hydrogens (tertiary/aromatic N) is 2. The molecule has 0 aliphatic heterocycles. The maximum atomic E-state index is 13.3. The highest BCUT2D eigenvalue weighted by Gasteiger charge is 2.21. The predicted octanol–water partition coefficient (Wildman–Crippen LogP) is 5.14. The van der Waals surface area contributed by atoms with E-state index in [1.807, 2.05) is 54.6 Å². The van der Waals surface area contributed by atoms with Crippen LogP contribution in [0.1, 0.15) is 26.5 Å². The maximum Gasteiger partial charge on any atom is 0.223 e. The van der Waals surface area contributed by atoms with Gasteiger partial charge in [0.05, 0.1) is 35.4 Å². The van der Waals surface area contributed by atoms with Crippen LogP contribution >= 0.6 is 11.3 Å². The monoisotopic (exact) mass is 464 g/mol. The molecular weight excluding hydrogens is 440 g/mol. The molecule has 0 N–H and O–H groups in total. The number of rotatable bonds is 9. The summed E-state index contributed by atoms with van der Waals surface area (Å²) in [6.07, 6.45) is -0.511. The van der Waals surface area contributed by atoms with Crippen LogP contribution in [0.3, 0.4) is 0 Å². The number of ether oxygens (including phenoxy) is 4. The van der Waals surface area contributed by atoms with E-state index in [2.05, 4.69) is 5.10 Å². The van der Waals surface area contributed by atoms with Crippen LogP contribution in [-0.2, 0) is 9.47 Å². The van der Waals surface area contributed by atoms with Gasteiger partial charge >= 0.3 is 0 Å². The molecule has 4 aromatic rings. The molecule has 2 aromatic carbocycles. The quantitative estimate of drug-likeness (QED) is 0.252. The standard InChI is InChI=1S/C25H24N2O5S/c1-29-18-9-5-16(6-10-18)21-15-20(26-27(21)17-7-11-19(30-2)12-8-17)24(28)22-13-14-23(33-22)25(31-3)32-4/h5-15,25H,1-4H3. The number of hydrogen-bond donors (Lipinski definition) is 0. The van der Waals surface area contributed by atoms with Crippen molar-refractivity contribution in [1.29, 1.82) is 0 Å². The highest BCUT2D eigenvalue weighted by molar-refractivity contribution is 7.14. The average Bonchev–Trinajstić information content (AvgIpc) is 3.53. The molecule has 2 aromatic heterocycles. The third kappa shape index (κ3) is 4.68. The summed E-state index contributed by atoms with van der Waals surface area (Å²) in [5, 5.41) is 4.66. The van der Waals surface area contributed by atoms with Crippen LogP contribution in [-0.4, -0.2) is 44.0 Å². The van der Waals surface area contributed by atoms with Crippen LogP contribution < -0.4 is 9.47 Å². The van der Waals surface area contributed by atoms with Crippen LogP contribution in [0.25, 0.3) is 16.9 Å². The lowest BCUT2D eigenvalue weighted by Crippen LogP contribution is -2.03. The summed E-state index contributed by atoms with van der Waals surface area (Å²) in [5.41, 5.74) is 2.85. The normalized spacial score (nSPS) is 11.1. The number of aromatic nitrogens is 2. The first-order chi connectivity index (χ1) is 16.1. The molecule has 0 atom stereocenters. The van der Waals surface area contributed by atoms with Gasteiger partial charge in [-0.05, 0) is 66.7 Å². The SMILES string of the molecule is COc1ccc(-c2cc(C(=O)c3ccc(C(OC)OC)s3)nn2-c2ccc(OC)cc2)cc1. The number of benzene rings is 2. The Balaban J connectivity index is 1.76. The van der Waals surface area contributed by atoms with Gasteiger partial charge in [0.15, 0.2) is 6.29 Å². The predicted molar refractivity (Wildman–Crippen MR) is 127 cm³/mol. The molecule has 33 heavy (non-hydrogen) atoms. The molecule has 0 radical (unpaired) electrons. The number of carbonyl (C=O) groups excluding carboxylic acids is 1. The van der Waals surface area contributed by atoms with Gasteiger partial charge < -0.3 is 18.9 Å². The van der Waals surface area contributed by atoms with E-state index in [9.17, 15) is 4.79 Å². The lowest BCUT2D eigenvalue weighted by molar-refractivity contribution is -0.103. The Morgan fingerprint density at radius 3 is 2.03 bits per heavy atom. The molecule has 0 aliphatic carbocycles. The summed E-state index contributed by atoms with van der Waals surface area (Å²) in [6.45, 7) is 0. The summed E-state index contributed by atoms with van der Waals surface area (Å²) in [5.74, 6) is 1.33. The van der Waals surface area contributed by atoms with Gasteiger partial charge in [-0.3, -0.25) is 4.79 Å². The second-order valence-corrected chi connectivity index (χ2v) is 8.20. The lowest BCUT2D eigenvalue weighted by atomic mass is 10.1. The molecule has 0 fully saturated rings. The van der Waals surface area contributed by atoms with Crippen molar-refractivity contribution < 1.29 is 23.7 Å². The summed E-state index contributed by atoms with van der Waals surface area (Å²) >= 11 is 1.33. The van der Waals surface area contributed by atoms with Crippen molar-refractivity contribution in [2.75, 3.05) is 28.4 Å². The minimum Gasteiger partial charge on any atom is -0.497 e. The molecular formula is C25H24N2O5S. The Kier molecular flexibility index (Phi) is 6.88. The first-order valence-electron chi connectivity index (χ1n) is 10.2. The van der Waals surface area contributed by atoms with Crippen LogP contribution in [0.5, 0.6) is 11.5 Å². The lowest BCUT2D eigenvalue weighted by Gasteiger charge is -2.10. The van der Waals surface area contributed by atoms with Crippen molar-refractivity contribution in [2.24, 2.45) is 0 Å². The van der Waals surface area contributed by atoms with E-state index in [0.717, 1.165) is 33.3 Å². The van der Waals surface area contributed by atoms with Crippen molar-refractivity contribution in [1.82, 2.24) is 9.78 Å². The zero-order valence-corrected chi connectivity index (χ0v) is 19.6. The third-order valence-corrected chi connectivity index (χ3v) is 6.26. The van der Waals surface area contributed by atoms with Crippen molar-refractivity contribution in [3.8, 4) is 28.4 Å². The average molecular weight is 465 g/mol. The van der Waals surface area contributed by atoms with E-state index in [-0.39, 0.29) is 5.78 Å². The van der Waals surface area contributed by atoms with Gasteiger partial charge in [0.25, 0.3) is 0 Å². The molecule has 0 unspecified atom stereocenters. The first kappa shape index (κ1) is 22.7. The smallest absolute Gasteiger partial charge is 0.223 e. The first-order valence-corrected chi connectivity index (χ1v) is 11.0. The van der Waals surface area contributed by atoms with Crippen LogP contribution in [0.2, 0.25) is 0 Å². The van der Waals surface area contributed by atoms with E-state index in [1.165, 1.54) is 11.3 Å². The van der Waals surface area contributed by atoms with Gasteiger partial charge in [-0.25, -0.2) is 4.68 Å². The van der Waals surface area contributed by atoms with Crippen LogP contribution in [0.15, 0.2) is 66.7 Å². The Labute approximate surface area is 196 Å². The summed E-state index contributed by atoms with van der Waals surface area (Å²) in [7, 11) is 6.37. The fourth-order valence-corrected chi connectivity index (χ4v) is 4.45. The van der Waals surface area contributed by atoms with Crippen molar-refractivity contribution >= 4 is 17.1 Å². The number of carbonyl (C=O) groups is 1. The molecule has 170 valence electrons. The van der Waals surface area contributed by atoms with Gasteiger partial charge in [-0.2, -0.15) is 5.10 Å². The Morgan fingerprint density at radius 2 is 1.45 bits per heavy atom. The van der Waals surface area contributed by atoms with E-state index in [4.69, 9.17) is 18.9 Å². The van der Waals surface area contributed by atoms with E-state index < -0.39 is 6.29 Å². The minimum atomic E-state index is -0.511. The van der Waals surface area contributed by atoms with Gasteiger partial charge in [0.1, 0.15) is 17.2 Å². The molecule has 7 nitrogen and oxygen atoms in total. The molecule has 0 saturated carbocycles. The topological polar surface area (TPSA) is 71.8 Å². The second kappa shape index (κ2) is 9.99. The number of ketones is 1. The molecule has 4 rings (SSSR count). The highest BCUT2D eigenvalue weighted by atomic mass is 32.1. The Hall–Kier alpha value is -3.46. The van der Waals surface area contributed by atoms with Crippen molar-refractivity contribution in [2.45, 2.75) is 6.29 Å². The van der Waals surface area contributed by atoms with Gasteiger partial charge in [0.2, 0.25) is 5.78 Å². The fraction of sp³-hybridized carbons (Fsp3) is 0.200. The molecule has 0 amide bonds. The summed E-state index contributed by atoms with van der Waals surface area (Å²) in [4.78, 5) is 14.7. The molecule has 0 bridgehead atoms. The number of methoxy groups -OCH3 is 4. The Bertz CT molecular complexity index is 1160. The summed E-state index contributed by atoms with van der Waals surface area (Å²) in [6, 6.07) is 20.6. The van der Waals surface area contributed by atoms with Gasteiger partial charge in [0, 0.05) is 19.8 Å². The number of thiophene rings is 1. The van der Waals surface area contributed by atoms with Gasteiger partial charge in [-0.1, -0.05) is 0 Å². The molecule has 0 saturated heterocycles. The number of hydrogen-bond acceptors (Lipinski definition) is 7. The molecule has 0 spiro atoms. The molecule has 8 heteroatoms. The van der Waals surface area contributed by atoms with E-state index in [0.29, 0.717) is 10.6 Å². The zero-order valence-electron chi connectivity index (χ0n) is 18.8. The van der Waals surface area contributed by atoms with Gasteiger partial charge in [-0.15, -0.1) is 11.3 Å². The van der Waals surface area contributed by atoms with Crippen LogP contribution in [0.4, 0.5) is 0 Å². The fourth-order valence-electron chi connectivity index (χ4n) is 3.44. The second-order valence-electron chi connectivity index (χ2n) is 7.09. The third-order valence-electron chi connectivity index (χ3n) is 5.16. The van der Waals surface area contributed by atoms with Crippen LogP contribution in [0, 0.1) is 0 Å². The summed E-state index contributed by atoms with van der Waals surface area (Å²) < 4.78 is 22.9. The minimum absolute atomic E-state index is 0.167. The van der Waals surface area contributed by atoms with E-state index >= 15 is 0 Å². The highest BCUT2D eigenvalue weighted by Crippen LogP contribution is 2.30. The zero-order chi connectivity index (χ0) is 23.4.